The third kappa shape index (κ3) is 6.28. The first-order chi connectivity index (χ1) is 14.5. The predicted octanol–water partition coefficient (Wildman–Crippen LogP) is 4.51. The van der Waals surface area contributed by atoms with Gasteiger partial charge in [0.2, 0.25) is 0 Å². The van der Waals surface area contributed by atoms with Crippen molar-refractivity contribution in [2.45, 2.75) is 6.92 Å². The van der Waals surface area contributed by atoms with E-state index in [4.69, 9.17) is 9.47 Å². The molecule has 1 N–H and O–H groups in total. The minimum atomic E-state index is -0.440. The second kappa shape index (κ2) is 10.4. The number of aryl methyl sites for hydroxylation is 1. The van der Waals surface area contributed by atoms with E-state index in [1.807, 2.05) is 25.1 Å². The minimum absolute atomic E-state index is 0.132. The van der Waals surface area contributed by atoms with Crippen molar-refractivity contribution < 1.29 is 19.1 Å². The second-order valence-electron chi connectivity index (χ2n) is 6.31. The van der Waals surface area contributed by atoms with Crippen molar-refractivity contribution in [1.82, 2.24) is 5.43 Å². The van der Waals surface area contributed by atoms with E-state index in [2.05, 4.69) is 26.5 Å². The van der Waals surface area contributed by atoms with Gasteiger partial charge < -0.3 is 9.47 Å². The predicted molar refractivity (Wildman–Crippen MR) is 118 cm³/mol. The van der Waals surface area contributed by atoms with Crippen LogP contribution in [-0.2, 0) is 4.79 Å². The van der Waals surface area contributed by atoms with Crippen molar-refractivity contribution in [3.63, 3.8) is 0 Å². The molecule has 0 aromatic heterocycles. The molecule has 30 heavy (non-hydrogen) atoms. The highest BCUT2D eigenvalue weighted by Gasteiger charge is 2.08. The van der Waals surface area contributed by atoms with Crippen molar-refractivity contribution in [2.75, 3.05) is 6.61 Å². The van der Waals surface area contributed by atoms with Gasteiger partial charge >= 0.3 is 5.97 Å². The van der Waals surface area contributed by atoms with Gasteiger partial charge in [-0.05, 0) is 72.6 Å². The van der Waals surface area contributed by atoms with Crippen LogP contribution in [-0.4, -0.2) is 24.7 Å². The Hall–Kier alpha value is -3.45. The second-order valence-corrected chi connectivity index (χ2v) is 7.23. The Bertz CT molecular complexity index is 1050. The van der Waals surface area contributed by atoms with E-state index in [1.165, 1.54) is 6.21 Å². The molecular formula is C23H19BrN2O4. The lowest BCUT2D eigenvalue weighted by molar-refractivity contribution is -0.123. The van der Waals surface area contributed by atoms with Gasteiger partial charge in [0.1, 0.15) is 11.5 Å². The molecule has 0 aliphatic heterocycles. The van der Waals surface area contributed by atoms with Crippen LogP contribution in [0.25, 0.3) is 0 Å². The number of rotatable bonds is 7. The van der Waals surface area contributed by atoms with Crippen LogP contribution in [0.5, 0.6) is 11.5 Å². The zero-order valence-corrected chi connectivity index (χ0v) is 17.8. The fraction of sp³-hybridized carbons (Fsp3) is 0.0870. The third-order valence-electron chi connectivity index (χ3n) is 4.03. The summed E-state index contributed by atoms with van der Waals surface area (Å²) in [5, 5.41) is 3.91. The van der Waals surface area contributed by atoms with Crippen molar-refractivity contribution in [2.24, 2.45) is 5.10 Å². The van der Waals surface area contributed by atoms with Gasteiger partial charge in [-0.25, -0.2) is 10.2 Å². The Kier molecular flexibility index (Phi) is 7.34. The average Bonchev–Trinajstić information content (AvgIpc) is 2.75. The van der Waals surface area contributed by atoms with E-state index in [9.17, 15) is 9.59 Å². The summed E-state index contributed by atoms with van der Waals surface area (Å²) >= 11 is 3.32. The van der Waals surface area contributed by atoms with Crippen LogP contribution < -0.4 is 14.9 Å². The van der Waals surface area contributed by atoms with Gasteiger partial charge in [0.15, 0.2) is 6.61 Å². The van der Waals surface area contributed by atoms with Gasteiger partial charge in [0.25, 0.3) is 5.91 Å². The van der Waals surface area contributed by atoms with Crippen LogP contribution in [0.1, 0.15) is 21.5 Å². The Balaban J connectivity index is 1.47. The monoisotopic (exact) mass is 466 g/mol. The number of hydrazone groups is 1. The van der Waals surface area contributed by atoms with Gasteiger partial charge in [-0.15, -0.1) is 0 Å². The maximum atomic E-state index is 12.1. The molecular weight excluding hydrogens is 448 g/mol. The zero-order chi connectivity index (χ0) is 21.3. The number of nitrogens with one attached hydrogen (secondary N) is 1. The number of carbonyl (C=O) groups excluding carboxylic acids is 2. The Morgan fingerprint density at radius 3 is 2.40 bits per heavy atom. The van der Waals surface area contributed by atoms with E-state index in [1.54, 1.807) is 54.6 Å². The first kappa shape index (κ1) is 21.3. The molecule has 0 heterocycles. The Labute approximate surface area is 182 Å². The van der Waals surface area contributed by atoms with Crippen LogP contribution in [0.4, 0.5) is 0 Å². The van der Waals surface area contributed by atoms with Crippen molar-refractivity contribution in [3.8, 4) is 11.5 Å². The number of hydrogen-bond acceptors (Lipinski definition) is 5. The molecule has 0 aliphatic carbocycles. The van der Waals surface area contributed by atoms with Crippen LogP contribution in [0, 0.1) is 6.92 Å². The van der Waals surface area contributed by atoms with E-state index < -0.39 is 5.97 Å². The molecule has 7 heteroatoms. The molecule has 0 fully saturated rings. The van der Waals surface area contributed by atoms with Crippen LogP contribution in [0.15, 0.2) is 82.4 Å². The number of esters is 1. The molecule has 152 valence electrons. The van der Waals surface area contributed by atoms with Crippen molar-refractivity contribution >= 4 is 34.0 Å². The summed E-state index contributed by atoms with van der Waals surface area (Å²) in [6, 6.07) is 21.1. The molecule has 1 amide bonds. The summed E-state index contributed by atoms with van der Waals surface area (Å²) in [6.07, 6.45) is 1.49. The molecule has 0 radical (unpaired) electrons. The quantitative estimate of drug-likeness (QED) is 0.240. The Morgan fingerprint density at radius 1 is 1.00 bits per heavy atom. The SMILES string of the molecule is Cc1ccccc1OCC(=O)N/N=C\c1ccc(OC(=O)c2ccc(Br)cc2)cc1. The van der Waals surface area contributed by atoms with Gasteiger partial charge in [-0.1, -0.05) is 34.1 Å². The smallest absolute Gasteiger partial charge is 0.343 e. The summed E-state index contributed by atoms with van der Waals surface area (Å²) in [6.45, 7) is 1.78. The van der Waals surface area contributed by atoms with Gasteiger partial charge in [0, 0.05) is 4.47 Å². The summed E-state index contributed by atoms with van der Waals surface area (Å²) in [7, 11) is 0. The van der Waals surface area contributed by atoms with Crippen molar-refractivity contribution in [1.29, 1.82) is 0 Å². The Morgan fingerprint density at radius 2 is 1.70 bits per heavy atom. The largest absolute Gasteiger partial charge is 0.483 e. The molecule has 0 atom stereocenters. The van der Waals surface area contributed by atoms with E-state index >= 15 is 0 Å². The summed E-state index contributed by atoms with van der Waals surface area (Å²) in [5.74, 6) is 0.264. The number of benzene rings is 3. The maximum Gasteiger partial charge on any atom is 0.343 e. The highest BCUT2D eigenvalue weighted by atomic mass is 79.9. The fourth-order valence-electron chi connectivity index (χ4n) is 2.45. The van der Waals surface area contributed by atoms with E-state index in [0.29, 0.717) is 17.1 Å². The first-order valence-corrected chi connectivity index (χ1v) is 9.89. The molecule has 0 saturated heterocycles. The summed E-state index contributed by atoms with van der Waals surface area (Å²) in [4.78, 5) is 24.0. The maximum absolute atomic E-state index is 12.1. The summed E-state index contributed by atoms with van der Waals surface area (Å²) < 4.78 is 11.7. The molecule has 3 rings (SSSR count). The molecule has 3 aromatic carbocycles. The van der Waals surface area contributed by atoms with Gasteiger partial charge in [-0.3, -0.25) is 4.79 Å². The topological polar surface area (TPSA) is 77.0 Å². The molecule has 0 bridgehead atoms. The van der Waals surface area contributed by atoms with Crippen molar-refractivity contribution in [3.05, 3.63) is 94.0 Å². The fourth-order valence-corrected chi connectivity index (χ4v) is 2.71. The lowest BCUT2D eigenvalue weighted by atomic mass is 10.2. The molecule has 0 aliphatic rings. The normalized spacial score (nSPS) is 10.6. The lowest BCUT2D eigenvalue weighted by Gasteiger charge is -2.07. The zero-order valence-electron chi connectivity index (χ0n) is 16.2. The summed E-state index contributed by atoms with van der Waals surface area (Å²) in [5.41, 5.74) is 4.56. The van der Waals surface area contributed by atoms with Crippen LogP contribution in [0.3, 0.4) is 0 Å². The number of para-hydroxylation sites is 1. The number of carbonyl (C=O) groups is 2. The van der Waals surface area contributed by atoms with E-state index in [0.717, 1.165) is 15.6 Å². The average molecular weight is 467 g/mol. The van der Waals surface area contributed by atoms with Gasteiger partial charge in [0.05, 0.1) is 11.8 Å². The molecule has 0 saturated carbocycles. The number of halogens is 1. The van der Waals surface area contributed by atoms with Crippen LogP contribution in [0.2, 0.25) is 0 Å². The highest BCUT2D eigenvalue weighted by Crippen LogP contribution is 2.16. The number of ether oxygens (including phenoxy) is 2. The number of amides is 1. The minimum Gasteiger partial charge on any atom is -0.483 e. The molecule has 0 unspecified atom stereocenters. The highest BCUT2D eigenvalue weighted by molar-refractivity contribution is 9.10. The molecule has 6 nitrogen and oxygen atoms in total. The number of nitrogens with zero attached hydrogens (tertiary/aromatic N) is 1. The number of hydrogen-bond donors (Lipinski definition) is 1. The lowest BCUT2D eigenvalue weighted by Crippen LogP contribution is -2.24. The molecule has 3 aromatic rings. The van der Waals surface area contributed by atoms with E-state index in [-0.39, 0.29) is 12.5 Å². The third-order valence-corrected chi connectivity index (χ3v) is 4.55. The standard InChI is InChI=1S/C23H19BrN2O4/c1-16-4-2-3-5-21(16)29-15-22(27)26-25-14-17-6-12-20(13-7-17)30-23(28)18-8-10-19(24)11-9-18/h2-14H,15H2,1H3,(H,26,27)/b25-14-. The van der Waals surface area contributed by atoms with Crippen LogP contribution >= 0.6 is 15.9 Å². The van der Waals surface area contributed by atoms with Gasteiger partial charge in [-0.2, -0.15) is 5.10 Å². The molecule has 0 spiro atoms. The first-order valence-electron chi connectivity index (χ1n) is 9.09.